The fraction of sp³-hybridized carbons (Fsp3) is 0.333. The molecule has 2 aromatic rings. The minimum Gasteiger partial charge on any atom is -0.351 e. The molecule has 1 N–H and O–H groups in total. The minimum absolute atomic E-state index is 0.0482. The maximum Gasteiger partial charge on any atom is 0.261 e. The number of halogens is 1. The average Bonchev–Trinajstić information content (AvgIpc) is 2.94. The predicted octanol–water partition coefficient (Wildman–Crippen LogP) is 3.53. The maximum atomic E-state index is 11.7. The Balaban J connectivity index is 1.73. The molecule has 0 unspecified atom stereocenters. The van der Waals surface area contributed by atoms with Crippen LogP contribution in [-0.4, -0.2) is 17.4 Å². The Morgan fingerprint density at radius 3 is 2.94 bits per heavy atom. The molecule has 0 aliphatic heterocycles. The first-order chi connectivity index (χ1) is 8.66. The van der Waals surface area contributed by atoms with Crippen molar-refractivity contribution < 1.29 is 4.79 Å². The van der Waals surface area contributed by atoms with E-state index in [9.17, 15) is 4.79 Å². The quantitative estimate of drug-likeness (QED) is 0.858. The number of thiophene rings is 1. The summed E-state index contributed by atoms with van der Waals surface area (Å²) in [6.45, 7) is 2.68. The highest BCUT2D eigenvalue weighted by molar-refractivity contribution is 7.18. The Kier molecular flexibility index (Phi) is 4.74. The van der Waals surface area contributed by atoms with E-state index in [1.165, 1.54) is 16.2 Å². The zero-order chi connectivity index (χ0) is 13.0. The second-order valence-corrected chi connectivity index (χ2v) is 6.48. The summed E-state index contributed by atoms with van der Waals surface area (Å²) in [6, 6.07) is 3.48. The molecule has 0 spiro atoms. The van der Waals surface area contributed by atoms with E-state index in [4.69, 9.17) is 11.6 Å². The number of amides is 1. The molecular weight excluding hydrogens is 288 g/mol. The Morgan fingerprint density at radius 1 is 1.50 bits per heavy atom. The predicted molar refractivity (Wildman–Crippen MR) is 76.8 cm³/mol. The lowest BCUT2D eigenvalue weighted by atomic mass is 10.2. The van der Waals surface area contributed by atoms with Gasteiger partial charge in [0.25, 0.3) is 5.91 Å². The summed E-state index contributed by atoms with van der Waals surface area (Å²) in [7, 11) is 0. The Labute approximate surface area is 119 Å². The summed E-state index contributed by atoms with van der Waals surface area (Å²) in [4.78, 5) is 17.9. The van der Waals surface area contributed by atoms with Crippen molar-refractivity contribution in [1.29, 1.82) is 0 Å². The highest BCUT2D eigenvalue weighted by atomic mass is 35.5. The van der Waals surface area contributed by atoms with Crippen LogP contribution in [0.1, 0.15) is 26.7 Å². The van der Waals surface area contributed by atoms with Crippen LogP contribution >= 0.6 is 34.3 Å². The largest absolute Gasteiger partial charge is 0.351 e. The third kappa shape index (κ3) is 3.54. The second-order valence-electron chi connectivity index (χ2n) is 3.82. The monoisotopic (exact) mass is 300 g/mol. The van der Waals surface area contributed by atoms with Gasteiger partial charge in [-0.3, -0.25) is 4.79 Å². The van der Waals surface area contributed by atoms with E-state index < -0.39 is 0 Å². The summed E-state index contributed by atoms with van der Waals surface area (Å²) in [5.74, 6) is -0.0482. The average molecular weight is 301 g/mol. The number of rotatable bonds is 5. The fourth-order valence-electron chi connectivity index (χ4n) is 1.54. The van der Waals surface area contributed by atoms with Gasteiger partial charge in [0.2, 0.25) is 0 Å². The van der Waals surface area contributed by atoms with E-state index in [2.05, 4.69) is 10.3 Å². The van der Waals surface area contributed by atoms with Gasteiger partial charge >= 0.3 is 0 Å². The van der Waals surface area contributed by atoms with Crippen LogP contribution in [0.3, 0.4) is 0 Å². The van der Waals surface area contributed by atoms with E-state index in [-0.39, 0.29) is 5.91 Å². The molecule has 0 radical (unpaired) electrons. The van der Waals surface area contributed by atoms with Crippen molar-refractivity contribution in [2.45, 2.75) is 19.8 Å². The van der Waals surface area contributed by atoms with Gasteiger partial charge in [-0.15, -0.1) is 22.7 Å². The van der Waals surface area contributed by atoms with Crippen molar-refractivity contribution in [3.63, 3.8) is 0 Å². The first-order valence-corrected chi connectivity index (χ1v) is 7.66. The van der Waals surface area contributed by atoms with Crippen LogP contribution in [0.15, 0.2) is 17.6 Å². The molecule has 6 heteroatoms. The van der Waals surface area contributed by atoms with Crippen LogP contribution < -0.4 is 5.32 Å². The van der Waals surface area contributed by atoms with Gasteiger partial charge in [-0.1, -0.05) is 11.6 Å². The molecule has 96 valence electrons. The van der Waals surface area contributed by atoms with Crippen molar-refractivity contribution in [2.24, 2.45) is 0 Å². The molecule has 0 aliphatic carbocycles. The summed E-state index contributed by atoms with van der Waals surface area (Å²) < 4.78 is 0.639. The van der Waals surface area contributed by atoms with Gasteiger partial charge in [-0.25, -0.2) is 4.98 Å². The van der Waals surface area contributed by atoms with E-state index in [1.54, 1.807) is 23.5 Å². The number of hydrogen-bond acceptors (Lipinski definition) is 4. The number of carbonyl (C=O) groups excluding carboxylic acids is 1. The molecule has 0 fully saturated rings. The molecule has 0 saturated heterocycles. The first kappa shape index (κ1) is 13.5. The van der Waals surface area contributed by atoms with Crippen LogP contribution in [0.25, 0.3) is 0 Å². The molecule has 0 aromatic carbocycles. The lowest BCUT2D eigenvalue weighted by Gasteiger charge is -2.02. The lowest BCUT2D eigenvalue weighted by molar-refractivity contribution is 0.0957. The molecule has 0 atom stereocenters. The Bertz CT molecular complexity index is 536. The van der Waals surface area contributed by atoms with Gasteiger partial charge in [0, 0.05) is 11.4 Å². The van der Waals surface area contributed by atoms with Gasteiger partial charge < -0.3 is 5.32 Å². The highest BCUT2D eigenvalue weighted by Crippen LogP contribution is 2.21. The first-order valence-electron chi connectivity index (χ1n) is 5.59. The lowest BCUT2D eigenvalue weighted by Crippen LogP contribution is -2.23. The van der Waals surface area contributed by atoms with E-state index in [1.807, 2.05) is 12.4 Å². The topological polar surface area (TPSA) is 42.0 Å². The number of aryl methyl sites for hydroxylation is 2. The number of nitrogens with one attached hydrogen (secondary N) is 1. The summed E-state index contributed by atoms with van der Waals surface area (Å²) in [5.41, 5.74) is 2.95. The minimum atomic E-state index is -0.0482. The molecule has 0 bridgehead atoms. The molecule has 0 aliphatic rings. The zero-order valence-electron chi connectivity index (χ0n) is 9.90. The maximum absolute atomic E-state index is 11.7. The Morgan fingerprint density at radius 2 is 2.33 bits per heavy atom. The van der Waals surface area contributed by atoms with E-state index in [0.717, 1.165) is 18.5 Å². The second kappa shape index (κ2) is 6.31. The molecule has 2 rings (SSSR count). The Hall–Kier alpha value is -0.910. The van der Waals surface area contributed by atoms with Gasteiger partial charge in [-0.2, -0.15) is 0 Å². The normalized spacial score (nSPS) is 10.6. The van der Waals surface area contributed by atoms with Gasteiger partial charge in [0.15, 0.2) is 0 Å². The summed E-state index contributed by atoms with van der Waals surface area (Å²) in [6.07, 6.45) is 1.88. The summed E-state index contributed by atoms with van der Waals surface area (Å²) in [5, 5.41) is 2.89. The van der Waals surface area contributed by atoms with Crippen LogP contribution in [0, 0.1) is 6.92 Å². The number of carbonyl (C=O) groups is 1. The van der Waals surface area contributed by atoms with Crippen molar-refractivity contribution >= 4 is 40.2 Å². The van der Waals surface area contributed by atoms with Gasteiger partial charge in [0.05, 0.1) is 20.4 Å². The number of nitrogens with zero attached hydrogens (tertiary/aromatic N) is 1. The molecule has 1 amide bonds. The van der Waals surface area contributed by atoms with Crippen LogP contribution in [0.5, 0.6) is 0 Å². The number of thiazole rings is 1. The molecular formula is C12H13ClN2OS2. The standard InChI is InChI=1S/C12H13ClN2OS2/c1-8-9(17-7-15-8)3-2-6-14-12(16)10-4-5-11(13)18-10/h4-5,7H,2-3,6H2,1H3,(H,14,16). The molecule has 2 aromatic heterocycles. The fourth-order valence-corrected chi connectivity index (χ4v) is 3.32. The van der Waals surface area contributed by atoms with Crippen molar-refractivity contribution in [3.8, 4) is 0 Å². The van der Waals surface area contributed by atoms with Crippen LogP contribution in [0.2, 0.25) is 4.34 Å². The van der Waals surface area contributed by atoms with E-state index in [0.29, 0.717) is 15.8 Å². The highest BCUT2D eigenvalue weighted by Gasteiger charge is 2.08. The summed E-state index contributed by atoms with van der Waals surface area (Å²) >= 11 is 8.75. The van der Waals surface area contributed by atoms with E-state index >= 15 is 0 Å². The number of aromatic nitrogens is 1. The zero-order valence-corrected chi connectivity index (χ0v) is 12.3. The molecule has 18 heavy (non-hydrogen) atoms. The third-order valence-electron chi connectivity index (χ3n) is 2.51. The SMILES string of the molecule is Cc1ncsc1CCCNC(=O)c1ccc(Cl)s1. The van der Waals surface area contributed by atoms with Crippen molar-refractivity contribution in [3.05, 3.63) is 37.4 Å². The molecule has 3 nitrogen and oxygen atoms in total. The van der Waals surface area contributed by atoms with Crippen molar-refractivity contribution in [2.75, 3.05) is 6.54 Å². The van der Waals surface area contributed by atoms with Gasteiger partial charge in [-0.05, 0) is 31.9 Å². The molecule has 2 heterocycles. The van der Waals surface area contributed by atoms with Crippen LogP contribution in [0.4, 0.5) is 0 Å². The number of hydrogen-bond donors (Lipinski definition) is 1. The van der Waals surface area contributed by atoms with Crippen molar-refractivity contribution in [1.82, 2.24) is 10.3 Å². The smallest absolute Gasteiger partial charge is 0.261 e. The van der Waals surface area contributed by atoms with Crippen LogP contribution in [-0.2, 0) is 6.42 Å². The third-order valence-corrected chi connectivity index (χ3v) is 4.73. The van der Waals surface area contributed by atoms with Gasteiger partial charge in [0.1, 0.15) is 0 Å². The molecule has 0 saturated carbocycles.